The van der Waals surface area contributed by atoms with Crippen molar-refractivity contribution in [2.24, 2.45) is 0 Å². The molecule has 0 radical (unpaired) electrons. The van der Waals surface area contributed by atoms with Crippen LogP contribution in [0.1, 0.15) is 16.1 Å². The number of benzene rings is 2. The maximum Gasteiger partial charge on any atom is 0.260 e. The van der Waals surface area contributed by atoms with Crippen molar-refractivity contribution in [3.8, 4) is 27.8 Å². The quantitative estimate of drug-likeness (QED) is 0.596. The van der Waals surface area contributed by atoms with Crippen LogP contribution in [0.15, 0.2) is 42.5 Å². The van der Waals surface area contributed by atoms with Crippen molar-refractivity contribution in [1.82, 2.24) is 9.88 Å². The molecule has 1 aliphatic rings. The molecule has 0 N–H and O–H groups in total. The topological polar surface area (TPSA) is 60.9 Å². The normalized spacial score (nSPS) is 13.0. The van der Waals surface area contributed by atoms with Crippen LogP contribution in [-0.2, 0) is 17.8 Å². The number of carbonyl (C=O) groups is 1. The van der Waals surface area contributed by atoms with Gasteiger partial charge in [-0.25, -0.2) is 4.98 Å². The third kappa shape index (κ3) is 4.26. The summed E-state index contributed by atoms with van der Waals surface area (Å²) in [6.07, 6.45) is 0.745. The van der Waals surface area contributed by atoms with E-state index >= 15 is 0 Å². The van der Waals surface area contributed by atoms with E-state index < -0.39 is 0 Å². The van der Waals surface area contributed by atoms with E-state index in [0.29, 0.717) is 24.6 Å². The number of hydrogen-bond donors (Lipinski definition) is 0. The van der Waals surface area contributed by atoms with Crippen LogP contribution in [0.4, 0.5) is 0 Å². The Hall–Kier alpha value is -3.06. The molecule has 0 aliphatic carbocycles. The highest BCUT2D eigenvalue weighted by molar-refractivity contribution is 7.15. The molecule has 6 nitrogen and oxygen atoms in total. The van der Waals surface area contributed by atoms with Crippen LogP contribution < -0.4 is 14.2 Å². The smallest absolute Gasteiger partial charge is 0.260 e. The van der Waals surface area contributed by atoms with Gasteiger partial charge in [-0.2, -0.15) is 0 Å². The predicted molar refractivity (Wildman–Crippen MR) is 116 cm³/mol. The van der Waals surface area contributed by atoms with E-state index in [0.717, 1.165) is 38.9 Å². The average Bonchev–Trinajstić information content (AvgIpc) is 3.20. The van der Waals surface area contributed by atoms with Gasteiger partial charge in [0.2, 0.25) is 0 Å². The first-order valence-electron chi connectivity index (χ1n) is 9.75. The van der Waals surface area contributed by atoms with Crippen molar-refractivity contribution in [3.05, 3.63) is 58.6 Å². The average molecular weight is 425 g/mol. The lowest BCUT2D eigenvalue weighted by Crippen LogP contribution is -2.38. The fraction of sp³-hybridized carbons (Fsp3) is 0.304. The summed E-state index contributed by atoms with van der Waals surface area (Å²) in [4.78, 5) is 20.4. The third-order valence-corrected chi connectivity index (χ3v) is 6.20. The lowest BCUT2D eigenvalue weighted by Gasteiger charge is -2.26. The Bertz CT molecular complexity index is 1060. The maximum absolute atomic E-state index is 12.7. The molecular weight excluding hydrogens is 400 g/mol. The first-order chi connectivity index (χ1) is 14.6. The first kappa shape index (κ1) is 20.2. The van der Waals surface area contributed by atoms with Crippen molar-refractivity contribution < 1.29 is 19.0 Å². The van der Waals surface area contributed by atoms with Gasteiger partial charge in [-0.05, 0) is 42.8 Å². The second-order valence-corrected chi connectivity index (χ2v) is 8.21. The number of thiazole rings is 1. The van der Waals surface area contributed by atoms with Gasteiger partial charge in [0.15, 0.2) is 18.1 Å². The van der Waals surface area contributed by atoms with Gasteiger partial charge in [-0.15, -0.1) is 11.3 Å². The molecule has 4 rings (SSSR count). The molecular formula is C23H24N2O4S. The van der Waals surface area contributed by atoms with Crippen LogP contribution in [0.5, 0.6) is 17.2 Å². The number of rotatable bonds is 6. The first-order valence-corrected chi connectivity index (χ1v) is 10.6. The van der Waals surface area contributed by atoms with Gasteiger partial charge in [-0.1, -0.05) is 12.1 Å². The highest BCUT2D eigenvalue weighted by atomic mass is 32.1. The minimum Gasteiger partial charge on any atom is -0.493 e. The van der Waals surface area contributed by atoms with E-state index in [2.05, 4.69) is 0 Å². The number of nitrogens with zero attached hydrogens (tertiary/aromatic N) is 2. The standard InChI is InChI=1S/C23H24N2O4S/c1-15-5-4-6-17(11-15)29-14-22(26)25-10-9-18-21(13-25)30-23(24-18)16-7-8-19(27-2)20(12-16)28-3/h4-8,11-12H,9-10,13-14H2,1-3H3. The van der Waals surface area contributed by atoms with E-state index in [1.54, 1.807) is 25.6 Å². The Kier molecular flexibility index (Phi) is 5.90. The zero-order valence-electron chi connectivity index (χ0n) is 17.3. The van der Waals surface area contributed by atoms with Gasteiger partial charge in [-0.3, -0.25) is 4.79 Å². The van der Waals surface area contributed by atoms with Gasteiger partial charge in [0.1, 0.15) is 10.8 Å². The Labute approximate surface area is 180 Å². The van der Waals surface area contributed by atoms with Crippen LogP contribution in [0, 0.1) is 6.92 Å². The van der Waals surface area contributed by atoms with Gasteiger partial charge in [0.25, 0.3) is 5.91 Å². The summed E-state index contributed by atoms with van der Waals surface area (Å²) in [5.74, 6) is 2.07. The van der Waals surface area contributed by atoms with Gasteiger partial charge in [0, 0.05) is 23.4 Å². The van der Waals surface area contributed by atoms with Crippen LogP contribution >= 0.6 is 11.3 Å². The molecule has 0 fully saturated rings. The van der Waals surface area contributed by atoms with Gasteiger partial charge >= 0.3 is 0 Å². The van der Waals surface area contributed by atoms with Crippen LogP contribution in [-0.4, -0.2) is 43.2 Å². The highest BCUT2D eigenvalue weighted by Gasteiger charge is 2.25. The molecule has 156 valence electrons. The fourth-order valence-corrected chi connectivity index (χ4v) is 4.56. The molecule has 0 atom stereocenters. The van der Waals surface area contributed by atoms with Crippen molar-refractivity contribution in [2.75, 3.05) is 27.4 Å². The summed E-state index contributed by atoms with van der Waals surface area (Å²) in [7, 11) is 3.24. The Morgan fingerprint density at radius 1 is 1.13 bits per heavy atom. The molecule has 2 heterocycles. The van der Waals surface area contributed by atoms with E-state index in [9.17, 15) is 4.79 Å². The largest absolute Gasteiger partial charge is 0.493 e. The zero-order valence-corrected chi connectivity index (χ0v) is 18.1. The number of amides is 1. The molecule has 3 aromatic rings. The zero-order chi connectivity index (χ0) is 21.1. The molecule has 1 aromatic heterocycles. The van der Waals surface area contributed by atoms with E-state index in [1.807, 2.05) is 54.3 Å². The number of ether oxygens (including phenoxy) is 3. The van der Waals surface area contributed by atoms with Gasteiger partial charge < -0.3 is 19.1 Å². The summed E-state index contributed by atoms with van der Waals surface area (Å²) in [6.45, 7) is 3.26. The monoisotopic (exact) mass is 424 g/mol. The molecule has 0 unspecified atom stereocenters. The molecule has 7 heteroatoms. The number of methoxy groups -OCH3 is 2. The molecule has 0 spiro atoms. The number of aromatic nitrogens is 1. The van der Waals surface area contributed by atoms with Crippen LogP contribution in [0.25, 0.3) is 10.6 Å². The molecule has 1 amide bonds. The summed E-state index contributed by atoms with van der Waals surface area (Å²) in [5.41, 5.74) is 3.15. The number of carbonyl (C=O) groups excluding carboxylic acids is 1. The van der Waals surface area contributed by atoms with E-state index in [1.165, 1.54) is 0 Å². The van der Waals surface area contributed by atoms with Crippen molar-refractivity contribution in [2.45, 2.75) is 19.9 Å². The number of hydrogen-bond acceptors (Lipinski definition) is 6. The van der Waals surface area contributed by atoms with E-state index in [-0.39, 0.29) is 12.5 Å². The second-order valence-electron chi connectivity index (χ2n) is 7.13. The molecule has 0 bridgehead atoms. The minimum absolute atomic E-state index is 0.0109. The summed E-state index contributed by atoms with van der Waals surface area (Å²) < 4.78 is 16.4. The lowest BCUT2D eigenvalue weighted by atomic mass is 10.1. The van der Waals surface area contributed by atoms with Crippen molar-refractivity contribution in [1.29, 1.82) is 0 Å². The molecule has 1 aliphatic heterocycles. The summed E-state index contributed by atoms with van der Waals surface area (Å²) in [5, 5.41) is 0.922. The minimum atomic E-state index is -0.0109. The second kappa shape index (κ2) is 8.75. The number of fused-ring (bicyclic) bond motifs is 1. The molecule has 0 saturated heterocycles. The summed E-state index contributed by atoms with van der Waals surface area (Å²) in [6, 6.07) is 13.5. The number of aryl methyl sites for hydroxylation is 1. The summed E-state index contributed by atoms with van der Waals surface area (Å²) >= 11 is 1.62. The van der Waals surface area contributed by atoms with Crippen LogP contribution in [0.2, 0.25) is 0 Å². The molecule has 30 heavy (non-hydrogen) atoms. The third-order valence-electron chi connectivity index (χ3n) is 5.07. The van der Waals surface area contributed by atoms with Crippen molar-refractivity contribution in [3.63, 3.8) is 0 Å². The van der Waals surface area contributed by atoms with E-state index in [4.69, 9.17) is 19.2 Å². The predicted octanol–water partition coefficient (Wildman–Crippen LogP) is 4.10. The Morgan fingerprint density at radius 2 is 1.97 bits per heavy atom. The van der Waals surface area contributed by atoms with Gasteiger partial charge in [0.05, 0.1) is 26.5 Å². The fourth-order valence-electron chi connectivity index (χ4n) is 3.44. The highest BCUT2D eigenvalue weighted by Crippen LogP contribution is 2.36. The van der Waals surface area contributed by atoms with Crippen molar-refractivity contribution >= 4 is 17.2 Å². The lowest BCUT2D eigenvalue weighted by molar-refractivity contribution is -0.134. The molecule has 0 saturated carbocycles. The SMILES string of the molecule is COc1ccc(-c2nc3c(s2)CN(C(=O)COc2cccc(C)c2)CC3)cc1OC. The maximum atomic E-state index is 12.7. The van der Waals surface area contributed by atoms with Crippen LogP contribution in [0.3, 0.4) is 0 Å². The Balaban J connectivity index is 1.44. The molecule has 2 aromatic carbocycles. The Morgan fingerprint density at radius 3 is 2.73 bits per heavy atom.